The predicted molar refractivity (Wildman–Crippen MR) is 103 cm³/mol. The molecule has 0 N–H and O–H groups in total. The minimum atomic E-state index is -0.853. The van der Waals surface area contributed by atoms with E-state index in [1.165, 1.54) is 34.1 Å². The number of benzene rings is 1. The van der Waals surface area contributed by atoms with Crippen molar-refractivity contribution in [3.05, 3.63) is 54.1 Å². The lowest BCUT2D eigenvalue weighted by atomic mass is 10.0. The molecule has 4 heterocycles. The molecule has 1 aromatic carbocycles. The van der Waals surface area contributed by atoms with Gasteiger partial charge in [-0.25, -0.2) is 22.9 Å². The molecular weight excluding hydrogens is 410 g/mol. The lowest BCUT2D eigenvalue weighted by Crippen LogP contribution is -2.37. The molecule has 0 radical (unpaired) electrons. The summed E-state index contributed by atoms with van der Waals surface area (Å²) in [5.41, 5.74) is 0.183. The van der Waals surface area contributed by atoms with Gasteiger partial charge in [0, 0.05) is 31.0 Å². The highest BCUT2D eigenvalue weighted by Gasteiger charge is 2.34. The van der Waals surface area contributed by atoms with E-state index < -0.39 is 23.9 Å². The molecule has 2 aliphatic heterocycles. The van der Waals surface area contributed by atoms with E-state index >= 15 is 8.78 Å². The fourth-order valence-corrected chi connectivity index (χ4v) is 4.25. The number of carbonyl (C=O) groups excluding carboxylic acids is 1. The van der Waals surface area contributed by atoms with Gasteiger partial charge in [-0.15, -0.1) is 10.2 Å². The number of aromatic nitrogens is 6. The van der Waals surface area contributed by atoms with Gasteiger partial charge in [0.15, 0.2) is 6.17 Å². The molecule has 2 aliphatic rings. The molecule has 1 amide bonds. The summed E-state index contributed by atoms with van der Waals surface area (Å²) in [6, 6.07) is 2.65. The maximum absolute atomic E-state index is 15.2. The first kappa shape index (κ1) is 19.4. The van der Waals surface area contributed by atoms with E-state index in [9.17, 15) is 4.79 Å². The van der Waals surface area contributed by atoms with Crippen LogP contribution in [0, 0.1) is 11.6 Å². The van der Waals surface area contributed by atoms with Gasteiger partial charge in [-0.3, -0.25) is 4.90 Å². The largest absolute Gasteiger partial charge is 0.447 e. The first-order valence-electron chi connectivity index (χ1n) is 10.0. The minimum Gasteiger partial charge on any atom is -0.447 e. The fourth-order valence-electron chi connectivity index (χ4n) is 4.25. The molecule has 2 aromatic heterocycles. The van der Waals surface area contributed by atoms with Gasteiger partial charge in [0.25, 0.3) is 0 Å². The maximum atomic E-state index is 15.2. The van der Waals surface area contributed by atoms with E-state index in [-0.39, 0.29) is 30.4 Å². The van der Waals surface area contributed by atoms with Crippen molar-refractivity contribution in [2.24, 2.45) is 0 Å². The van der Waals surface area contributed by atoms with Crippen LogP contribution >= 0.6 is 0 Å². The van der Waals surface area contributed by atoms with Gasteiger partial charge in [-0.05, 0) is 25.0 Å². The Kier molecular flexibility index (Phi) is 4.96. The van der Waals surface area contributed by atoms with Crippen molar-refractivity contribution < 1.29 is 18.3 Å². The van der Waals surface area contributed by atoms with Crippen LogP contribution in [-0.4, -0.2) is 67.2 Å². The summed E-state index contributed by atoms with van der Waals surface area (Å²) in [6.07, 6.45) is 6.37. The third kappa shape index (κ3) is 3.57. The Morgan fingerprint density at radius 1 is 1.00 bits per heavy atom. The minimum absolute atomic E-state index is 0.0675. The molecule has 10 nitrogen and oxygen atoms in total. The third-order valence-corrected chi connectivity index (χ3v) is 5.71. The molecule has 0 aliphatic carbocycles. The first-order chi connectivity index (χ1) is 15.1. The molecule has 1 atom stereocenters. The molecule has 0 bridgehead atoms. The van der Waals surface area contributed by atoms with Crippen LogP contribution in [0.4, 0.5) is 19.3 Å². The zero-order chi connectivity index (χ0) is 21.4. The highest BCUT2D eigenvalue weighted by Crippen LogP contribution is 2.34. The Labute approximate surface area is 176 Å². The van der Waals surface area contributed by atoms with Gasteiger partial charge in [0.05, 0.1) is 25.0 Å². The number of anilines is 1. The summed E-state index contributed by atoms with van der Waals surface area (Å²) in [5, 5.41) is 15.5. The van der Waals surface area contributed by atoms with Gasteiger partial charge < -0.3 is 9.64 Å². The molecule has 2 fully saturated rings. The number of cyclic esters (lactones) is 1. The Balaban J connectivity index is 1.41. The predicted octanol–water partition coefficient (Wildman–Crippen LogP) is 1.99. The molecule has 162 valence electrons. The molecule has 3 aromatic rings. The number of hydrogen-bond donors (Lipinski definition) is 0. The lowest BCUT2D eigenvalue weighted by molar-refractivity contribution is 0.139. The Morgan fingerprint density at radius 3 is 2.29 bits per heavy atom. The van der Waals surface area contributed by atoms with Crippen LogP contribution in [0.3, 0.4) is 0 Å². The summed E-state index contributed by atoms with van der Waals surface area (Å²) in [6.45, 7) is 1.46. The number of amides is 1. The van der Waals surface area contributed by atoms with E-state index in [0.29, 0.717) is 25.9 Å². The highest BCUT2D eigenvalue weighted by molar-refractivity contribution is 5.70. The van der Waals surface area contributed by atoms with E-state index in [1.807, 2.05) is 0 Å². The number of ether oxygens (including phenoxy) is 1. The zero-order valence-electron chi connectivity index (χ0n) is 16.5. The van der Waals surface area contributed by atoms with Crippen LogP contribution in [0.2, 0.25) is 0 Å². The highest BCUT2D eigenvalue weighted by atomic mass is 19.1. The molecule has 0 saturated carbocycles. The van der Waals surface area contributed by atoms with Gasteiger partial charge in [0.1, 0.15) is 23.9 Å². The monoisotopic (exact) mass is 430 g/mol. The average molecular weight is 430 g/mol. The SMILES string of the molecule is O=C1OCCN1[C@@H](c1cc(F)c(N2CCC(n3ccnn3)CC2)c(F)c1)n1ccnn1. The van der Waals surface area contributed by atoms with E-state index in [4.69, 9.17) is 4.74 Å². The Bertz CT molecular complexity index is 1030. The molecule has 5 rings (SSSR count). The van der Waals surface area contributed by atoms with Crippen LogP contribution in [0.25, 0.3) is 0 Å². The number of carbonyl (C=O) groups is 1. The lowest BCUT2D eigenvalue weighted by Gasteiger charge is -2.34. The Hall–Kier alpha value is -3.57. The zero-order valence-corrected chi connectivity index (χ0v) is 16.5. The van der Waals surface area contributed by atoms with Crippen LogP contribution in [0.15, 0.2) is 36.9 Å². The number of piperidine rings is 1. The second-order valence-corrected chi connectivity index (χ2v) is 7.50. The van der Waals surface area contributed by atoms with Crippen LogP contribution in [-0.2, 0) is 4.74 Å². The van der Waals surface area contributed by atoms with Crippen molar-refractivity contribution in [3.8, 4) is 0 Å². The number of rotatable bonds is 5. The second-order valence-electron chi connectivity index (χ2n) is 7.50. The summed E-state index contributed by atoms with van der Waals surface area (Å²) in [7, 11) is 0. The van der Waals surface area contributed by atoms with Crippen molar-refractivity contribution in [1.82, 2.24) is 34.9 Å². The van der Waals surface area contributed by atoms with E-state index in [2.05, 4.69) is 20.6 Å². The smallest absolute Gasteiger partial charge is 0.411 e. The summed E-state index contributed by atoms with van der Waals surface area (Å²) in [4.78, 5) is 15.2. The molecule has 12 heteroatoms. The number of hydrogen-bond acceptors (Lipinski definition) is 7. The molecule has 2 saturated heterocycles. The van der Waals surface area contributed by atoms with Crippen LogP contribution < -0.4 is 4.90 Å². The van der Waals surface area contributed by atoms with Crippen molar-refractivity contribution in [1.29, 1.82) is 0 Å². The van der Waals surface area contributed by atoms with Gasteiger partial charge >= 0.3 is 6.09 Å². The maximum Gasteiger partial charge on any atom is 0.411 e. The first-order valence-corrected chi connectivity index (χ1v) is 10.0. The van der Waals surface area contributed by atoms with Crippen molar-refractivity contribution >= 4 is 11.8 Å². The van der Waals surface area contributed by atoms with E-state index in [1.54, 1.807) is 22.0 Å². The van der Waals surface area contributed by atoms with Gasteiger partial charge in [0.2, 0.25) is 0 Å². The summed E-state index contributed by atoms with van der Waals surface area (Å²) in [5.74, 6) is -1.38. The normalized spacial score (nSPS) is 18.5. The summed E-state index contributed by atoms with van der Waals surface area (Å²) >= 11 is 0. The van der Waals surface area contributed by atoms with Crippen LogP contribution in [0.5, 0.6) is 0 Å². The van der Waals surface area contributed by atoms with Gasteiger partial charge in [-0.2, -0.15) is 0 Å². The molecular formula is C19H20F2N8O2. The van der Waals surface area contributed by atoms with Crippen molar-refractivity contribution in [2.75, 3.05) is 31.1 Å². The molecule has 0 spiro atoms. The average Bonchev–Trinajstić information content (AvgIpc) is 3.52. The quantitative estimate of drug-likeness (QED) is 0.611. The fraction of sp³-hybridized carbons (Fsp3) is 0.421. The Morgan fingerprint density at radius 2 is 1.71 bits per heavy atom. The topological polar surface area (TPSA) is 94.2 Å². The van der Waals surface area contributed by atoms with Crippen molar-refractivity contribution in [3.63, 3.8) is 0 Å². The molecule has 0 unspecified atom stereocenters. The number of halogens is 2. The van der Waals surface area contributed by atoms with Gasteiger partial charge in [-0.1, -0.05) is 10.4 Å². The number of nitrogens with zero attached hydrogens (tertiary/aromatic N) is 8. The summed E-state index contributed by atoms with van der Waals surface area (Å²) < 4.78 is 38.5. The van der Waals surface area contributed by atoms with Crippen LogP contribution in [0.1, 0.15) is 30.6 Å². The third-order valence-electron chi connectivity index (χ3n) is 5.71. The van der Waals surface area contributed by atoms with E-state index in [0.717, 1.165) is 0 Å². The second kappa shape index (κ2) is 7.93. The van der Waals surface area contributed by atoms with Crippen molar-refractivity contribution in [2.45, 2.75) is 25.0 Å². The molecule has 31 heavy (non-hydrogen) atoms. The standard InChI is InChI=1S/C19H20F2N8O2/c20-15-11-13(18(29-8-4-23-25-29)27-9-10-31-19(27)30)12-16(21)17(15)26-5-1-14(2-6-26)28-7-3-22-24-28/h3-4,7-8,11-12,14,18H,1-2,5-6,9-10H2/t18-/m1/s1.